The molecule has 0 bridgehead atoms. The number of piperidine rings is 1. The number of nitrogens with one attached hydrogen (secondary N) is 2. The molecule has 28 heavy (non-hydrogen) atoms. The van der Waals surface area contributed by atoms with Gasteiger partial charge >= 0.3 is 0 Å². The van der Waals surface area contributed by atoms with E-state index in [9.17, 15) is 0 Å². The van der Waals surface area contributed by atoms with E-state index in [0.717, 1.165) is 56.5 Å². The quantitative estimate of drug-likeness (QED) is 0.222. The van der Waals surface area contributed by atoms with Gasteiger partial charge < -0.3 is 25.0 Å². The van der Waals surface area contributed by atoms with Crippen LogP contribution in [-0.2, 0) is 6.42 Å². The molecule has 2 N–H and O–H groups in total. The Morgan fingerprint density at radius 2 is 1.82 bits per heavy atom. The second-order valence-electron chi connectivity index (χ2n) is 6.88. The van der Waals surface area contributed by atoms with E-state index < -0.39 is 0 Å². The number of nitrogens with zero attached hydrogens (tertiary/aromatic N) is 2. The van der Waals surface area contributed by atoms with Gasteiger partial charge in [-0.1, -0.05) is 12.5 Å². The van der Waals surface area contributed by atoms with Gasteiger partial charge in [0.15, 0.2) is 17.5 Å². The van der Waals surface area contributed by atoms with Gasteiger partial charge in [-0.3, -0.25) is 4.99 Å². The summed E-state index contributed by atoms with van der Waals surface area (Å²) >= 11 is 0. The van der Waals surface area contributed by atoms with Crippen molar-refractivity contribution in [2.24, 2.45) is 4.99 Å². The number of hydrogen-bond acceptors (Lipinski definition) is 4. The Morgan fingerprint density at radius 1 is 1.07 bits per heavy atom. The lowest BCUT2D eigenvalue weighted by molar-refractivity contribution is 0.232. The normalized spacial score (nSPS) is 14.9. The molecule has 0 spiro atoms. The van der Waals surface area contributed by atoms with Gasteiger partial charge in [0, 0.05) is 26.2 Å². The van der Waals surface area contributed by atoms with Gasteiger partial charge in [0.05, 0.1) is 14.2 Å². The van der Waals surface area contributed by atoms with Crippen LogP contribution in [0.15, 0.2) is 23.2 Å². The van der Waals surface area contributed by atoms with E-state index in [0.29, 0.717) is 0 Å². The summed E-state index contributed by atoms with van der Waals surface area (Å²) < 4.78 is 10.7. The van der Waals surface area contributed by atoms with Gasteiger partial charge in [0.1, 0.15) is 0 Å². The highest BCUT2D eigenvalue weighted by molar-refractivity contribution is 14.0. The average molecular weight is 504 g/mol. The molecule has 6 nitrogen and oxygen atoms in total. The van der Waals surface area contributed by atoms with Crippen molar-refractivity contribution in [1.82, 2.24) is 15.5 Å². The first-order valence-electron chi connectivity index (χ1n) is 10.2. The van der Waals surface area contributed by atoms with Crippen LogP contribution in [0, 0.1) is 0 Å². The number of aliphatic imine (C=N–C) groups is 1. The maximum atomic E-state index is 5.37. The molecule has 0 radical (unpaired) electrons. The zero-order valence-electron chi connectivity index (χ0n) is 17.6. The van der Waals surface area contributed by atoms with Crippen LogP contribution in [0.25, 0.3) is 0 Å². The number of halogens is 1. The Balaban J connectivity index is 0.00000392. The highest BCUT2D eigenvalue weighted by Gasteiger charge is 2.09. The monoisotopic (exact) mass is 504 g/mol. The van der Waals surface area contributed by atoms with Gasteiger partial charge in [0.2, 0.25) is 0 Å². The highest BCUT2D eigenvalue weighted by atomic mass is 127. The van der Waals surface area contributed by atoms with Crippen LogP contribution in [0.1, 0.15) is 38.2 Å². The van der Waals surface area contributed by atoms with Gasteiger partial charge in [-0.15, -0.1) is 24.0 Å². The molecular formula is C21H37IN4O2. The van der Waals surface area contributed by atoms with Crippen molar-refractivity contribution >= 4 is 29.9 Å². The van der Waals surface area contributed by atoms with E-state index in [1.54, 1.807) is 14.2 Å². The number of ether oxygens (including phenoxy) is 2. The molecule has 0 atom stereocenters. The molecule has 1 aliphatic heterocycles. The molecule has 1 aromatic rings. The minimum atomic E-state index is 0. The molecule has 1 aliphatic rings. The predicted molar refractivity (Wildman–Crippen MR) is 128 cm³/mol. The first kappa shape index (κ1) is 24.8. The van der Waals surface area contributed by atoms with Crippen LogP contribution in [-0.4, -0.2) is 64.3 Å². The van der Waals surface area contributed by atoms with Crippen molar-refractivity contribution < 1.29 is 9.47 Å². The smallest absolute Gasteiger partial charge is 0.191 e. The molecule has 2 rings (SSSR count). The summed E-state index contributed by atoms with van der Waals surface area (Å²) in [5, 5.41) is 6.80. The standard InChI is InChI=1S/C21H36N4O2.HI/c1-4-22-21(24-13-16-25-14-6-5-7-15-25)23-12-8-9-18-10-11-19(26-2)20(17-18)27-3;/h10-11,17H,4-9,12-16H2,1-3H3,(H2,22,23,24);1H. The average Bonchev–Trinajstić information content (AvgIpc) is 2.71. The molecule has 0 aliphatic carbocycles. The van der Waals surface area contributed by atoms with Crippen LogP contribution in [0.3, 0.4) is 0 Å². The van der Waals surface area contributed by atoms with Crippen LogP contribution >= 0.6 is 24.0 Å². The third kappa shape index (κ3) is 8.86. The molecule has 160 valence electrons. The van der Waals surface area contributed by atoms with E-state index in [4.69, 9.17) is 14.5 Å². The van der Waals surface area contributed by atoms with Crippen molar-refractivity contribution in [3.63, 3.8) is 0 Å². The van der Waals surface area contributed by atoms with E-state index in [-0.39, 0.29) is 24.0 Å². The van der Waals surface area contributed by atoms with E-state index in [2.05, 4.69) is 28.5 Å². The zero-order chi connectivity index (χ0) is 19.3. The summed E-state index contributed by atoms with van der Waals surface area (Å²) in [7, 11) is 3.33. The minimum absolute atomic E-state index is 0. The Bertz CT molecular complexity index is 578. The van der Waals surface area contributed by atoms with Gasteiger partial charge in [-0.2, -0.15) is 0 Å². The van der Waals surface area contributed by atoms with E-state index in [1.165, 1.54) is 37.9 Å². The summed E-state index contributed by atoms with van der Waals surface area (Å²) in [5.74, 6) is 2.47. The van der Waals surface area contributed by atoms with E-state index in [1.807, 2.05) is 12.1 Å². The van der Waals surface area contributed by atoms with Crippen molar-refractivity contribution in [2.75, 3.05) is 53.5 Å². The Morgan fingerprint density at radius 3 is 2.50 bits per heavy atom. The summed E-state index contributed by atoms with van der Waals surface area (Å²) in [5.41, 5.74) is 1.24. The number of hydrogen-bond donors (Lipinski definition) is 2. The number of rotatable bonds is 10. The Labute approximate surface area is 187 Å². The molecule has 0 unspecified atom stereocenters. The first-order chi connectivity index (χ1) is 13.3. The lowest BCUT2D eigenvalue weighted by Crippen LogP contribution is -2.42. The maximum Gasteiger partial charge on any atom is 0.191 e. The van der Waals surface area contributed by atoms with Crippen molar-refractivity contribution in [2.45, 2.75) is 39.0 Å². The molecule has 1 saturated heterocycles. The minimum Gasteiger partial charge on any atom is -0.493 e. The number of benzene rings is 1. The van der Waals surface area contributed by atoms with Crippen molar-refractivity contribution in [3.05, 3.63) is 23.8 Å². The van der Waals surface area contributed by atoms with Gasteiger partial charge in [-0.05, 0) is 63.4 Å². The van der Waals surface area contributed by atoms with Crippen LogP contribution in [0.5, 0.6) is 11.5 Å². The number of likely N-dealkylation sites (tertiary alicyclic amines) is 1. The Hall–Kier alpha value is -1.22. The third-order valence-corrected chi connectivity index (χ3v) is 4.85. The van der Waals surface area contributed by atoms with Crippen LogP contribution in [0.4, 0.5) is 0 Å². The number of methoxy groups -OCH3 is 2. The fraction of sp³-hybridized carbons (Fsp3) is 0.667. The molecule has 0 amide bonds. The van der Waals surface area contributed by atoms with Crippen LogP contribution < -0.4 is 20.1 Å². The number of guanidine groups is 1. The molecule has 7 heteroatoms. The third-order valence-electron chi connectivity index (χ3n) is 4.85. The number of aryl methyl sites for hydroxylation is 1. The fourth-order valence-corrected chi connectivity index (χ4v) is 3.37. The lowest BCUT2D eigenvalue weighted by Gasteiger charge is -2.26. The molecule has 0 saturated carbocycles. The summed E-state index contributed by atoms with van der Waals surface area (Å²) in [6.45, 7) is 8.29. The topological polar surface area (TPSA) is 58.1 Å². The fourth-order valence-electron chi connectivity index (χ4n) is 3.37. The second kappa shape index (κ2) is 14.7. The maximum absolute atomic E-state index is 5.37. The largest absolute Gasteiger partial charge is 0.493 e. The molecule has 0 aromatic heterocycles. The molecule has 1 aromatic carbocycles. The highest BCUT2D eigenvalue weighted by Crippen LogP contribution is 2.27. The SMILES string of the molecule is CCNC(=NCCCc1ccc(OC)c(OC)c1)NCCN1CCCCC1.I. The summed E-state index contributed by atoms with van der Waals surface area (Å²) in [6, 6.07) is 6.10. The molecule has 1 heterocycles. The molecule has 1 fully saturated rings. The van der Waals surface area contributed by atoms with Crippen molar-refractivity contribution in [3.8, 4) is 11.5 Å². The van der Waals surface area contributed by atoms with Crippen LogP contribution in [0.2, 0.25) is 0 Å². The second-order valence-corrected chi connectivity index (χ2v) is 6.88. The summed E-state index contributed by atoms with van der Waals surface area (Å²) in [6.07, 6.45) is 6.03. The summed E-state index contributed by atoms with van der Waals surface area (Å²) in [4.78, 5) is 7.25. The first-order valence-corrected chi connectivity index (χ1v) is 10.2. The lowest BCUT2D eigenvalue weighted by atomic mass is 10.1. The van der Waals surface area contributed by atoms with Gasteiger partial charge in [-0.25, -0.2) is 0 Å². The predicted octanol–water partition coefficient (Wildman–Crippen LogP) is 3.30. The Kier molecular flexibility index (Phi) is 13.1. The van der Waals surface area contributed by atoms with Crippen molar-refractivity contribution in [1.29, 1.82) is 0 Å². The zero-order valence-corrected chi connectivity index (χ0v) is 20.0. The van der Waals surface area contributed by atoms with E-state index >= 15 is 0 Å². The van der Waals surface area contributed by atoms with Gasteiger partial charge in [0.25, 0.3) is 0 Å². The molecular weight excluding hydrogens is 467 g/mol.